The summed E-state index contributed by atoms with van der Waals surface area (Å²) in [7, 11) is 0. The number of carbonyl (C=O) groups is 2. The monoisotopic (exact) mass is 273 g/mol. The lowest BCUT2D eigenvalue weighted by Crippen LogP contribution is -2.07. The van der Waals surface area contributed by atoms with Crippen LogP contribution >= 0.6 is 0 Å². The van der Waals surface area contributed by atoms with Crippen LogP contribution in [0.15, 0.2) is 36.5 Å². The molecule has 0 saturated heterocycles. The topological polar surface area (TPSA) is 68.5 Å². The normalized spacial score (nSPS) is 10.3. The van der Waals surface area contributed by atoms with Crippen LogP contribution in [0.1, 0.15) is 34.7 Å². The summed E-state index contributed by atoms with van der Waals surface area (Å²) in [6.07, 6.45) is 1.52. The van der Waals surface area contributed by atoms with E-state index < -0.39 is 5.97 Å². The van der Waals surface area contributed by atoms with E-state index in [0.717, 1.165) is 0 Å². The highest BCUT2D eigenvalue weighted by Gasteiger charge is 2.17. The van der Waals surface area contributed by atoms with Crippen LogP contribution in [0.4, 0.5) is 0 Å². The summed E-state index contributed by atoms with van der Waals surface area (Å²) < 4.78 is 6.96. The largest absolute Gasteiger partial charge is 0.492 e. The van der Waals surface area contributed by atoms with Gasteiger partial charge in [0.2, 0.25) is 0 Å². The maximum absolute atomic E-state index is 11.4. The summed E-state index contributed by atoms with van der Waals surface area (Å²) in [5.74, 6) is -0.702. The van der Waals surface area contributed by atoms with Gasteiger partial charge in [0.1, 0.15) is 11.4 Å². The molecule has 0 aliphatic rings. The Labute approximate surface area is 116 Å². The fourth-order valence-corrected chi connectivity index (χ4v) is 1.95. The van der Waals surface area contributed by atoms with Crippen LogP contribution in [-0.4, -0.2) is 28.0 Å². The highest BCUT2D eigenvalue weighted by molar-refractivity contribution is 5.97. The van der Waals surface area contributed by atoms with Crippen LogP contribution in [0.3, 0.4) is 0 Å². The number of para-hydroxylation sites is 2. The molecule has 2 rings (SSSR count). The second-order valence-electron chi connectivity index (χ2n) is 4.25. The van der Waals surface area contributed by atoms with E-state index in [4.69, 9.17) is 4.74 Å². The van der Waals surface area contributed by atoms with Crippen molar-refractivity contribution in [1.29, 1.82) is 0 Å². The van der Waals surface area contributed by atoms with Crippen LogP contribution in [0, 0.1) is 0 Å². The first-order chi connectivity index (χ1) is 9.54. The SMILES string of the molecule is CCOc1ccccc1-n1cc(C(C)=O)cc1C(=O)O. The molecule has 20 heavy (non-hydrogen) atoms. The Bertz CT molecular complexity index is 658. The maximum Gasteiger partial charge on any atom is 0.352 e. The summed E-state index contributed by atoms with van der Waals surface area (Å²) in [4.78, 5) is 22.8. The van der Waals surface area contributed by atoms with Crippen LogP contribution < -0.4 is 4.74 Å². The zero-order valence-corrected chi connectivity index (χ0v) is 11.3. The molecule has 1 aromatic heterocycles. The van der Waals surface area contributed by atoms with Crippen LogP contribution in [0.5, 0.6) is 5.75 Å². The molecule has 0 saturated carbocycles. The molecule has 5 heteroatoms. The first-order valence-electron chi connectivity index (χ1n) is 6.23. The molecule has 0 aliphatic heterocycles. The third-order valence-electron chi connectivity index (χ3n) is 2.87. The van der Waals surface area contributed by atoms with E-state index in [9.17, 15) is 14.7 Å². The number of nitrogens with zero attached hydrogens (tertiary/aromatic N) is 1. The van der Waals surface area contributed by atoms with Gasteiger partial charge in [-0.3, -0.25) is 4.79 Å². The van der Waals surface area contributed by atoms with Crippen molar-refractivity contribution in [2.75, 3.05) is 6.61 Å². The Morgan fingerprint density at radius 2 is 2.00 bits per heavy atom. The van der Waals surface area contributed by atoms with E-state index in [0.29, 0.717) is 23.6 Å². The van der Waals surface area contributed by atoms with Gasteiger partial charge in [0.25, 0.3) is 0 Å². The van der Waals surface area contributed by atoms with E-state index in [1.807, 2.05) is 13.0 Å². The van der Waals surface area contributed by atoms with Gasteiger partial charge in [0.15, 0.2) is 5.78 Å². The number of benzene rings is 1. The standard InChI is InChI=1S/C15H15NO4/c1-3-20-14-7-5-4-6-12(14)16-9-11(10(2)17)8-13(16)15(18)19/h4-9H,3H2,1-2H3,(H,18,19). The molecule has 1 aromatic carbocycles. The number of Topliss-reactive ketones (excluding diaryl/α,β-unsaturated/α-hetero) is 1. The van der Waals surface area contributed by atoms with E-state index >= 15 is 0 Å². The molecule has 0 unspecified atom stereocenters. The third-order valence-corrected chi connectivity index (χ3v) is 2.87. The predicted molar refractivity (Wildman–Crippen MR) is 73.9 cm³/mol. The Morgan fingerprint density at radius 1 is 1.30 bits per heavy atom. The van der Waals surface area contributed by atoms with Gasteiger partial charge in [0, 0.05) is 11.8 Å². The number of ketones is 1. The first-order valence-corrected chi connectivity index (χ1v) is 6.23. The first kappa shape index (κ1) is 13.9. The van der Waals surface area contributed by atoms with Crippen molar-refractivity contribution in [3.05, 3.63) is 47.8 Å². The molecule has 104 valence electrons. The lowest BCUT2D eigenvalue weighted by molar-refractivity contribution is 0.0688. The van der Waals surface area contributed by atoms with Crippen molar-refractivity contribution in [2.45, 2.75) is 13.8 Å². The second-order valence-corrected chi connectivity index (χ2v) is 4.25. The highest BCUT2D eigenvalue weighted by Crippen LogP contribution is 2.25. The molecule has 1 heterocycles. The van der Waals surface area contributed by atoms with Gasteiger partial charge in [-0.05, 0) is 32.0 Å². The minimum Gasteiger partial charge on any atom is -0.492 e. The molecule has 0 spiro atoms. The van der Waals surface area contributed by atoms with E-state index in [-0.39, 0.29) is 11.5 Å². The summed E-state index contributed by atoms with van der Waals surface area (Å²) in [6.45, 7) is 3.73. The summed E-state index contributed by atoms with van der Waals surface area (Å²) in [6, 6.07) is 8.48. The number of ether oxygens (including phenoxy) is 1. The van der Waals surface area contributed by atoms with E-state index in [2.05, 4.69) is 0 Å². The van der Waals surface area contributed by atoms with Gasteiger partial charge >= 0.3 is 5.97 Å². The number of carboxylic acid groups (broad SMARTS) is 1. The molecule has 0 aliphatic carbocycles. The van der Waals surface area contributed by atoms with Gasteiger partial charge in [0.05, 0.1) is 12.3 Å². The minimum atomic E-state index is -1.09. The summed E-state index contributed by atoms with van der Waals surface area (Å²) >= 11 is 0. The predicted octanol–water partition coefficient (Wildman–Crippen LogP) is 2.78. The van der Waals surface area contributed by atoms with Crippen molar-refractivity contribution in [3.63, 3.8) is 0 Å². The lowest BCUT2D eigenvalue weighted by atomic mass is 10.2. The van der Waals surface area contributed by atoms with E-state index in [1.165, 1.54) is 23.8 Å². The Morgan fingerprint density at radius 3 is 2.60 bits per heavy atom. The molecular formula is C15H15NO4. The number of hydrogen-bond acceptors (Lipinski definition) is 3. The molecule has 2 aromatic rings. The summed E-state index contributed by atoms with van der Waals surface area (Å²) in [5, 5.41) is 9.27. The number of carboxylic acids is 1. The van der Waals surface area contributed by atoms with Crippen molar-refractivity contribution in [1.82, 2.24) is 4.57 Å². The van der Waals surface area contributed by atoms with Gasteiger partial charge in [-0.15, -0.1) is 0 Å². The van der Waals surface area contributed by atoms with Gasteiger partial charge in [-0.1, -0.05) is 12.1 Å². The number of carbonyl (C=O) groups excluding carboxylic acids is 1. The van der Waals surface area contributed by atoms with Crippen LogP contribution in [-0.2, 0) is 0 Å². The van der Waals surface area contributed by atoms with Gasteiger partial charge in [-0.2, -0.15) is 0 Å². The Balaban J connectivity index is 2.62. The molecular weight excluding hydrogens is 258 g/mol. The third kappa shape index (κ3) is 2.56. The summed E-state index contributed by atoms with van der Waals surface area (Å²) in [5.41, 5.74) is 0.982. The Kier molecular flexibility index (Phi) is 3.89. The maximum atomic E-state index is 11.4. The highest BCUT2D eigenvalue weighted by atomic mass is 16.5. The van der Waals surface area contributed by atoms with E-state index in [1.54, 1.807) is 18.2 Å². The average Bonchev–Trinajstić information content (AvgIpc) is 2.85. The zero-order chi connectivity index (χ0) is 14.7. The number of aromatic nitrogens is 1. The van der Waals surface area contributed by atoms with Crippen molar-refractivity contribution < 1.29 is 19.4 Å². The minimum absolute atomic E-state index is 0.0300. The van der Waals surface area contributed by atoms with Crippen molar-refractivity contribution in [3.8, 4) is 11.4 Å². The molecule has 5 nitrogen and oxygen atoms in total. The number of rotatable bonds is 5. The smallest absolute Gasteiger partial charge is 0.352 e. The average molecular weight is 273 g/mol. The quantitative estimate of drug-likeness (QED) is 0.850. The van der Waals surface area contributed by atoms with Gasteiger partial charge < -0.3 is 14.4 Å². The zero-order valence-electron chi connectivity index (χ0n) is 11.3. The second kappa shape index (κ2) is 5.61. The molecule has 0 amide bonds. The molecule has 0 bridgehead atoms. The van der Waals surface area contributed by atoms with Gasteiger partial charge in [-0.25, -0.2) is 4.79 Å². The molecule has 0 fully saturated rings. The fraction of sp³-hybridized carbons (Fsp3) is 0.200. The molecule has 1 N–H and O–H groups in total. The van der Waals surface area contributed by atoms with Crippen LogP contribution in [0.25, 0.3) is 5.69 Å². The lowest BCUT2D eigenvalue weighted by Gasteiger charge is -2.12. The molecule has 0 radical (unpaired) electrons. The van der Waals surface area contributed by atoms with Crippen molar-refractivity contribution in [2.24, 2.45) is 0 Å². The number of aromatic carboxylic acids is 1. The molecule has 0 atom stereocenters. The number of hydrogen-bond donors (Lipinski definition) is 1. The fourth-order valence-electron chi connectivity index (χ4n) is 1.95. The van der Waals surface area contributed by atoms with Crippen LogP contribution in [0.2, 0.25) is 0 Å². The van der Waals surface area contributed by atoms with Crippen molar-refractivity contribution >= 4 is 11.8 Å². The Hall–Kier alpha value is -2.56.